The molecule has 0 bridgehead atoms. The van der Waals surface area contributed by atoms with E-state index < -0.39 is 0 Å². The van der Waals surface area contributed by atoms with Crippen LogP contribution in [0.25, 0.3) is 0 Å². The first-order valence-corrected chi connectivity index (χ1v) is 8.95. The van der Waals surface area contributed by atoms with Crippen molar-refractivity contribution in [3.8, 4) is 17.2 Å². The third-order valence-corrected chi connectivity index (χ3v) is 4.86. The first-order valence-electron chi connectivity index (χ1n) is 8.95. The Labute approximate surface area is 160 Å². The maximum Gasteiger partial charge on any atom is 0.242 e. The van der Waals surface area contributed by atoms with Crippen molar-refractivity contribution in [3.05, 3.63) is 47.0 Å². The summed E-state index contributed by atoms with van der Waals surface area (Å²) in [6, 6.07) is 9.83. The number of benzene rings is 2. The van der Waals surface area contributed by atoms with Crippen LogP contribution in [-0.4, -0.2) is 45.2 Å². The molecule has 3 rings (SSSR count). The molecular weight excluding hydrogens is 344 g/mol. The van der Waals surface area contributed by atoms with Gasteiger partial charge in [0.2, 0.25) is 5.91 Å². The molecule has 0 aromatic heterocycles. The molecule has 2 aromatic carbocycles. The Kier molecular flexibility index (Phi) is 5.74. The molecule has 0 spiro atoms. The van der Waals surface area contributed by atoms with Gasteiger partial charge in [0.25, 0.3) is 0 Å². The van der Waals surface area contributed by atoms with Crippen molar-refractivity contribution in [2.24, 2.45) is 0 Å². The van der Waals surface area contributed by atoms with Crippen LogP contribution in [0.15, 0.2) is 30.3 Å². The van der Waals surface area contributed by atoms with Crippen molar-refractivity contribution >= 4 is 11.6 Å². The number of carbonyl (C=O) groups is 1. The molecule has 1 aliphatic heterocycles. The summed E-state index contributed by atoms with van der Waals surface area (Å²) in [6.07, 6.45) is 0.801. The number of aryl methyl sites for hydroxylation is 1. The lowest BCUT2D eigenvalue weighted by Crippen LogP contribution is -2.39. The maximum atomic E-state index is 12.7. The molecule has 0 atom stereocenters. The molecule has 0 saturated carbocycles. The first-order chi connectivity index (χ1) is 13.0. The largest absolute Gasteiger partial charge is 0.495 e. The smallest absolute Gasteiger partial charge is 0.242 e. The van der Waals surface area contributed by atoms with Crippen LogP contribution in [0.3, 0.4) is 0 Å². The lowest BCUT2D eigenvalue weighted by molar-refractivity contribution is -0.130. The Morgan fingerprint density at radius 2 is 1.67 bits per heavy atom. The van der Waals surface area contributed by atoms with Gasteiger partial charge in [0, 0.05) is 13.1 Å². The van der Waals surface area contributed by atoms with E-state index in [0.29, 0.717) is 18.8 Å². The third kappa shape index (κ3) is 4.10. The van der Waals surface area contributed by atoms with Crippen molar-refractivity contribution < 1.29 is 19.0 Å². The molecule has 0 radical (unpaired) electrons. The molecule has 6 heteroatoms. The summed E-state index contributed by atoms with van der Waals surface area (Å²) >= 11 is 0. The summed E-state index contributed by atoms with van der Waals surface area (Å²) in [5.74, 6) is 2.20. The highest BCUT2D eigenvalue weighted by Crippen LogP contribution is 2.33. The van der Waals surface area contributed by atoms with Gasteiger partial charge < -0.3 is 24.4 Å². The van der Waals surface area contributed by atoms with Crippen LogP contribution in [0.1, 0.15) is 16.7 Å². The summed E-state index contributed by atoms with van der Waals surface area (Å²) in [5.41, 5.74) is 4.23. The van der Waals surface area contributed by atoms with E-state index in [4.69, 9.17) is 14.2 Å². The van der Waals surface area contributed by atoms with Gasteiger partial charge in [-0.25, -0.2) is 0 Å². The molecule has 0 unspecified atom stereocenters. The van der Waals surface area contributed by atoms with Gasteiger partial charge in [0.1, 0.15) is 5.75 Å². The van der Waals surface area contributed by atoms with Crippen molar-refractivity contribution in [1.29, 1.82) is 0 Å². The standard InChI is InChI=1S/C21H26N2O4/c1-14-5-6-18(25-2)17(9-14)22-12-21(24)23-8-7-15-10-19(26-3)20(27-4)11-16(15)13-23/h5-6,9-11,22H,7-8,12-13H2,1-4H3. The zero-order chi connectivity index (χ0) is 19.4. The Morgan fingerprint density at radius 3 is 2.33 bits per heavy atom. The summed E-state index contributed by atoms with van der Waals surface area (Å²) < 4.78 is 16.1. The van der Waals surface area contributed by atoms with Crippen LogP contribution in [0.4, 0.5) is 5.69 Å². The average molecular weight is 370 g/mol. The Bertz CT molecular complexity index is 835. The second-order valence-corrected chi connectivity index (χ2v) is 6.60. The Balaban J connectivity index is 1.68. The SMILES string of the molecule is COc1ccc(C)cc1NCC(=O)N1CCc2cc(OC)c(OC)cc2C1. The lowest BCUT2D eigenvalue weighted by atomic mass is 9.98. The number of methoxy groups -OCH3 is 3. The van der Waals surface area contributed by atoms with Crippen LogP contribution in [-0.2, 0) is 17.8 Å². The van der Waals surface area contributed by atoms with Gasteiger partial charge in [0.05, 0.1) is 33.6 Å². The van der Waals surface area contributed by atoms with Crippen LogP contribution < -0.4 is 19.5 Å². The fourth-order valence-electron chi connectivity index (χ4n) is 3.34. The summed E-state index contributed by atoms with van der Waals surface area (Å²) in [7, 11) is 4.88. The number of fused-ring (bicyclic) bond motifs is 1. The number of amides is 1. The molecule has 2 aromatic rings. The van der Waals surface area contributed by atoms with Crippen LogP contribution >= 0.6 is 0 Å². The molecular formula is C21H26N2O4. The van der Waals surface area contributed by atoms with Gasteiger partial charge in [-0.15, -0.1) is 0 Å². The first kappa shape index (κ1) is 18.9. The van der Waals surface area contributed by atoms with E-state index in [-0.39, 0.29) is 12.5 Å². The van der Waals surface area contributed by atoms with Crippen molar-refractivity contribution in [1.82, 2.24) is 4.90 Å². The minimum absolute atomic E-state index is 0.0546. The van der Waals surface area contributed by atoms with Gasteiger partial charge in [-0.1, -0.05) is 6.07 Å². The molecule has 0 aliphatic carbocycles. The number of nitrogens with one attached hydrogen (secondary N) is 1. The zero-order valence-corrected chi connectivity index (χ0v) is 16.3. The highest BCUT2D eigenvalue weighted by atomic mass is 16.5. The molecule has 1 heterocycles. The molecule has 6 nitrogen and oxygen atoms in total. The van der Waals surface area contributed by atoms with Gasteiger partial charge in [-0.3, -0.25) is 4.79 Å². The van der Waals surface area contributed by atoms with E-state index in [9.17, 15) is 4.79 Å². The Hall–Kier alpha value is -2.89. The van der Waals surface area contributed by atoms with E-state index in [0.717, 1.165) is 34.7 Å². The number of anilines is 1. The summed E-state index contributed by atoms with van der Waals surface area (Å²) in [5, 5.41) is 3.21. The second kappa shape index (κ2) is 8.20. The quantitative estimate of drug-likeness (QED) is 0.847. The molecule has 27 heavy (non-hydrogen) atoms. The third-order valence-electron chi connectivity index (χ3n) is 4.86. The zero-order valence-electron chi connectivity index (χ0n) is 16.3. The monoisotopic (exact) mass is 370 g/mol. The predicted octanol–water partition coefficient (Wildman–Crippen LogP) is 3.02. The number of ether oxygens (including phenoxy) is 3. The van der Waals surface area contributed by atoms with Crippen LogP contribution in [0.2, 0.25) is 0 Å². The van der Waals surface area contributed by atoms with Crippen LogP contribution in [0.5, 0.6) is 17.2 Å². The topological polar surface area (TPSA) is 60.0 Å². The highest BCUT2D eigenvalue weighted by molar-refractivity contribution is 5.82. The van der Waals surface area contributed by atoms with Gasteiger partial charge in [0.15, 0.2) is 11.5 Å². The van der Waals surface area contributed by atoms with Crippen molar-refractivity contribution in [3.63, 3.8) is 0 Å². The van der Waals surface area contributed by atoms with E-state index in [2.05, 4.69) is 5.32 Å². The number of rotatable bonds is 6. The van der Waals surface area contributed by atoms with Gasteiger partial charge >= 0.3 is 0 Å². The average Bonchev–Trinajstić information content (AvgIpc) is 2.70. The second-order valence-electron chi connectivity index (χ2n) is 6.60. The van der Waals surface area contributed by atoms with E-state index >= 15 is 0 Å². The predicted molar refractivity (Wildman–Crippen MR) is 105 cm³/mol. The van der Waals surface area contributed by atoms with E-state index in [1.807, 2.05) is 42.2 Å². The molecule has 1 aliphatic rings. The molecule has 144 valence electrons. The summed E-state index contributed by atoms with van der Waals surface area (Å²) in [6.45, 7) is 3.49. The van der Waals surface area contributed by atoms with Crippen LogP contribution in [0, 0.1) is 6.92 Å². The van der Waals surface area contributed by atoms with E-state index in [1.165, 1.54) is 5.56 Å². The number of hydrogen-bond donors (Lipinski definition) is 1. The molecule has 0 fully saturated rings. The fourth-order valence-corrected chi connectivity index (χ4v) is 3.34. The highest BCUT2D eigenvalue weighted by Gasteiger charge is 2.22. The maximum absolute atomic E-state index is 12.7. The van der Waals surface area contributed by atoms with Crippen molar-refractivity contribution in [2.75, 3.05) is 39.7 Å². The number of hydrogen-bond acceptors (Lipinski definition) is 5. The normalized spacial score (nSPS) is 13.0. The fraction of sp³-hybridized carbons (Fsp3) is 0.381. The van der Waals surface area contributed by atoms with Gasteiger partial charge in [-0.2, -0.15) is 0 Å². The van der Waals surface area contributed by atoms with Crippen molar-refractivity contribution in [2.45, 2.75) is 19.9 Å². The van der Waals surface area contributed by atoms with Gasteiger partial charge in [-0.05, 0) is 54.3 Å². The molecule has 1 amide bonds. The number of nitrogens with zero attached hydrogens (tertiary/aromatic N) is 1. The minimum atomic E-state index is 0.0546. The van der Waals surface area contributed by atoms with E-state index in [1.54, 1.807) is 21.3 Å². The number of carbonyl (C=O) groups excluding carboxylic acids is 1. The Morgan fingerprint density at radius 1 is 1.00 bits per heavy atom. The molecule has 1 N–H and O–H groups in total. The lowest BCUT2D eigenvalue weighted by Gasteiger charge is -2.30. The summed E-state index contributed by atoms with van der Waals surface area (Å²) in [4.78, 5) is 14.6. The minimum Gasteiger partial charge on any atom is -0.495 e. The molecule has 0 saturated heterocycles.